The Hall–Kier alpha value is -0.522. The fraction of sp³-hybridized carbons (Fsp3) is 0.389. The topological polar surface area (TPSA) is 57.1 Å². The van der Waals surface area contributed by atoms with E-state index >= 15 is 0 Å². The van der Waals surface area contributed by atoms with E-state index in [1.807, 2.05) is 18.7 Å². The third kappa shape index (κ3) is 4.79. The minimum atomic E-state index is -0.310. The summed E-state index contributed by atoms with van der Waals surface area (Å²) >= 11 is 6.70. The van der Waals surface area contributed by atoms with Crippen LogP contribution in [0.25, 0.3) is 11.2 Å². The van der Waals surface area contributed by atoms with Crippen LogP contribution in [0.3, 0.4) is 0 Å². The van der Waals surface area contributed by atoms with Crippen LogP contribution in [0, 0.1) is 17.7 Å². The second-order valence-corrected chi connectivity index (χ2v) is 11.8. The van der Waals surface area contributed by atoms with Gasteiger partial charge in [0.1, 0.15) is 0 Å². The van der Waals surface area contributed by atoms with Crippen LogP contribution in [0.4, 0.5) is 0 Å². The molecular weight excluding hydrogens is 767 g/mol. The number of rotatable bonds is 2. The molecule has 3 aromatic rings. The molecule has 0 spiro atoms. The van der Waals surface area contributed by atoms with Gasteiger partial charge in [0.15, 0.2) is 0 Å². The Balaban J connectivity index is 0.000000209. The summed E-state index contributed by atoms with van der Waals surface area (Å²) in [6, 6.07) is 6.62. The van der Waals surface area contributed by atoms with E-state index < -0.39 is 0 Å². The summed E-state index contributed by atoms with van der Waals surface area (Å²) in [6.45, 7) is 5.30. The summed E-state index contributed by atoms with van der Waals surface area (Å²) in [4.78, 5) is 23.8. The molecule has 0 aliphatic heterocycles. The quantitative estimate of drug-likeness (QED) is 0.297. The first kappa shape index (κ1) is 23.8. The Morgan fingerprint density at radius 1 is 0.929 bits per heavy atom. The van der Waals surface area contributed by atoms with E-state index in [2.05, 4.69) is 98.5 Å². The van der Waals surface area contributed by atoms with Gasteiger partial charge in [0.05, 0.1) is 0 Å². The molecule has 0 fully saturated rings. The Morgan fingerprint density at radius 2 is 1.54 bits per heavy atom. The molecule has 0 aliphatic carbocycles. The molecule has 0 amide bonds. The van der Waals surface area contributed by atoms with Crippen LogP contribution < -0.4 is 11.2 Å². The van der Waals surface area contributed by atoms with Crippen molar-refractivity contribution < 1.29 is 19.4 Å². The molecule has 10 heteroatoms. The molecule has 0 atom stereocenters. The molecule has 2 aromatic heterocycles. The van der Waals surface area contributed by atoms with Crippen LogP contribution in [0.1, 0.15) is 16.7 Å². The number of hydrogen-bond acceptors (Lipinski definition) is 3. The Morgan fingerprint density at radius 3 is 2.07 bits per heavy atom. The fourth-order valence-corrected chi connectivity index (χ4v) is 4.21. The molecule has 0 N–H and O–H groups in total. The van der Waals surface area contributed by atoms with Crippen molar-refractivity contribution in [1.82, 2.24) is 19.6 Å². The van der Waals surface area contributed by atoms with Gasteiger partial charge >= 0.3 is 102 Å². The normalized spacial score (nSPS) is 11.1. The van der Waals surface area contributed by atoms with Crippen LogP contribution in [0.15, 0.2) is 27.8 Å². The fourth-order valence-electron chi connectivity index (χ4n) is 2.92. The number of imidazole rings is 1. The molecule has 0 unspecified atom stereocenters. The molecule has 3 rings (SSSR count). The number of benzene rings is 1. The first-order chi connectivity index (χ1) is 13.0. The number of halogens is 2. The molecule has 0 saturated heterocycles. The first-order valence-electron chi connectivity index (χ1n) is 8.39. The van der Waals surface area contributed by atoms with E-state index in [0.717, 1.165) is 14.9 Å². The second kappa shape index (κ2) is 9.53. The first-order valence-corrected chi connectivity index (χ1v) is 11.5. The third-order valence-electron chi connectivity index (χ3n) is 4.65. The Bertz CT molecular complexity index is 1200. The zero-order valence-corrected chi connectivity index (χ0v) is 23.2. The minimum absolute atomic E-state index is 0.264. The van der Waals surface area contributed by atoms with Gasteiger partial charge in [0, 0.05) is 52.3 Å². The van der Waals surface area contributed by atoms with Crippen molar-refractivity contribution in [1.29, 1.82) is 0 Å². The van der Waals surface area contributed by atoms with Gasteiger partial charge < -0.3 is 0 Å². The summed E-state index contributed by atoms with van der Waals surface area (Å²) in [7, 11) is 6.81. The molecule has 156 valence electrons. The average Bonchev–Trinajstić information content (AvgIpc) is 2.85. The van der Waals surface area contributed by atoms with Crippen molar-refractivity contribution in [2.75, 3.05) is 0 Å². The van der Waals surface area contributed by atoms with Crippen LogP contribution in [0.2, 0.25) is 0 Å². The average molecular weight is 790 g/mol. The van der Waals surface area contributed by atoms with E-state index in [4.69, 9.17) is 0 Å². The Labute approximate surface area is 202 Å². The number of aromatic nitrogens is 4. The molecule has 0 aliphatic rings. The van der Waals surface area contributed by atoms with Crippen LogP contribution in [0.5, 0.6) is 0 Å². The summed E-state index contributed by atoms with van der Waals surface area (Å²) in [5.74, 6) is 0. The maximum absolute atomic E-state index is 12.0. The van der Waals surface area contributed by atoms with Crippen molar-refractivity contribution >= 4 is 56.9 Å². The van der Waals surface area contributed by atoms with Gasteiger partial charge in [-0.25, -0.2) is 0 Å². The molecule has 0 bridgehead atoms. The van der Waals surface area contributed by atoms with Crippen molar-refractivity contribution in [2.45, 2.75) is 20.4 Å². The van der Waals surface area contributed by atoms with Crippen molar-refractivity contribution in [3.05, 3.63) is 59.5 Å². The van der Waals surface area contributed by atoms with E-state index in [-0.39, 0.29) is 11.2 Å². The second-order valence-electron chi connectivity index (χ2n) is 6.62. The standard InChI is InChI=1S/C9H11I2N.C9H12N4O2.Pt/c1-7-3-4-9(5-8(7)2)6-12(10)11;1-10-5-11(2)7-6(10)8(14)13(4)9(15)12(7)3;/h3-5H,6H2,1-2H3;1-4H3;. The van der Waals surface area contributed by atoms with Gasteiger partial charge in [-0.2, -0.15) is 1.33 Å². The zero-order valence-electron chi connectivity index (χ0n) is 16.6. The van der Waals surface area contributed by atoms with Gasteiger partial charge in [-0.3, -0.25) is 0 Å². The number of nitrogens with zero attached hydrogens (tertiary/aromatic N) is 5. The maximum atomic E-state index is 12.0. The van der Waals surface area contributed by atoms with Gasteiger partial charge in [0.25, 0.3) is 0 Å². The predicted octanol–water partition coefficient (Wildman–Crippen LogP) is 2.80. The van der Waals surface area contributed by atoms with E-state index in [1.165, 1.54) is 28.3 Å². The zero-order chi connectivity index (χ0) is 21.3. The number of fused-ring (bicyclic) bond motifs is 1. The van der Waals surface area contributed by atoms with Crippen LogP contribution in [-0.4, -0.2) is 19.6 Å². The van der Waals surface area contributed by atoms with E-state index in [0.29, 0.717) is 11.2 Å². The SMILES string of the molecule is Cc1ccc(CN(I)I)cc1C.Cn1c(=O)c2c(n(C)c1=O)n(C)[c](=[Pt])n2C. The number of aryl methyl sites for hydroxylation is 5. The van der Waals surface area contributed by atoms with E-state index in [9.17, 15) is 9.59 Å². The van der Waals surface area contributed by atoms with E-state index in [1.54, 1.807) is 11.6 Å². The van der Waals surface area contributed by atoms with Crippen molar-refractivity contribution in [2.24, 2.45) is 28.2 Å². The molecule has 0 radical (unpaired) electrons. The molecule has 7 nitrogen and oxygen atoms in total. The predicted molar refractivity (Wildman–Crippen MR) is 125 cm³/mol. The molecule has 1 aromatic carbocycles. The summed E-state index contributed by atoms with van der Waals surface area (Å²) in [5, 5.41) is 0. The van der Waals surface area contributed by atoms with Crippen LogP contribution in [-0.2, 0) is 54.1 Å². The molecule has 0 saturated carbocycles. The van der Waals surface area contributed by atoms with Crippen molar-refractivity contribution in [3.8, 4) is 0 Å². The van der Waals surface area contributed by atoms with Crippen LogP contribution >= 0.6 is 45.7 Å². The van der Waals surface area contributed by atoms with Crippen molar-refractivity contribution in [3.63, 3.8) is 0 Å². The summed E-state index contributed by atoms with van der Waals surface area (Å²) in [5.41, 5.74) is 4.73. The van der Waals surface area contributed by atoms with Gasteiger partial charge in [-0.1, -0.05) is 18.2 Å². The molecule has 28 heavy (non-hydrogen) atoms. The third-order valence-corrected chi connectivity index (χ3v) is 6.86. The molecular formula is C18H23I2N5O2Pt. The number of hydrogen-bond donors (Lipinski definition) is 0. The van der Waals surface area contributed by atoms with Gasteiger partial charge in [-0.05, 0) is 30.5 Å². The van der Waals surface area contributed by atoms with Gasteiger partial charge in [-0.15, -0.1) is 0 Å². The Kier molecular flexibility index (Phi) is 8.08. The summed E-state index contributed by atoms with van der Waals surface area (Å²) in [6.07, 6.45) is 0. The summed E-state index contributed by atoms with van der Waals surface area (Å²) < 4.78 is 9.25. The molecule has 2 heterocycles. The van der Waals surface area contributed by atoms with Gasteiger partial charge in [0.2, 0.25) is 0 Å². The monoisotopic (exact) mass is 790 g/mol.